The van der Waals surface area contributed by atoms with E-state index in [9.17, 15) is 9.59 Å². The van der Waals surface area contributed by atoms with Crippen molar-refractivity contribution in [1.29, 1.82) is 0 Å². The van der Waals surface area contributed by atoms with Gasteiger partial charge in [-0.3, -0.25) is 9.59 Å². The minimum absolute atomic E-state index is 0.0486. The van der Waals surface area contributed by atoms with Gasteiger partial charge in [0.2, 0.25) is 17.8 Å². The topological polar surface area (TPSA) is 124 Å². The van der Waals surface area contributed by atoms with Crippen molar-refractivity contribution in [2.45, 2.75) is 20.0 Å². The van der Waals surface area contributed by atoms with E-state index in [2.05, 4.69) is 15.0 Å². The molecule has 1 atom stereocenters. The molecule has 1 aromatic carbocycles. The fourth-order valence-corrected chi connectivity index (χ4v) is 2.95. The zero-order valence-corrected chi connectivity index (χ0v) is 16.7. The Morgan fingerprint density at radius 1 is 1.24 bits per heavy atom. The molecule has 0 bridgehead atoms. The summed E-state index contributed by atoms with van der Waals surface area (Å²) in [5.74, 6) is 0.248. The van der Waals surface area contributed by atoms with Gasteiger partial charge in [-0.1, -0.05) is 0 Å². The van der Waals surface area contributed by atoms with E-state index in [1.807, 2.05) is 6.92 Å². The van der Waals surface area contributed by atoms with Gasteiger partial charge in [-0.25, -0.2) is 0 Å². The summed E-state index contributed by atoms with van der Waals surface area (Å²) in [4.78, 5) is 40.2. The predicted molar refractivity (Wildman–Crippen MR) is 106 cm³/mol. The molecule has 2 aromatic rings. The number of hydrogen-bond acceptors (Lipinski definition) is 9. The van der Waals surface area contributed by atoms with E-state index in [0.717, 1.165) is 11.4 Å². The highest BCUT2D eigenvalue weighted by atomic mass is 16.5. The predicted octanol–water partition coefficient (Wildman–Crippen LogP) is 1.01. The van der Waals surface area contributed by atoms with Gasteiger partial charge in [0.1, 0.15) is 5.75 Å². The maximum Gasteiger partial charge on any atom is 0.311 e. The molecule has 1 aromatic heterocycles. The lowest BCUT2D eigenvalue weighted by Gasteiger charge is -2.17. The Labute approximate surface area is 168 Å². The Morgan fingerprint density at radius 2 is 1.97 bits per heavy atom. The third-order valence-electron chi connectivity index (χ3n) is 4.35. The van der Waals surface area contributed by atoms with Gasteiger partial charge in [0.15, 0.2) is 12.4 Å². The van der Waals surface area contributed by atoms with Crippen LogP contribution >= 0.6 is 0 Å². The van der Waals surface area contributed by atoms with Gasteiger partial charge in [-0.2, -0.15) is 15.0 Å². The van der Waals surface area contributed by atoms with Crippen LogP contribution in [0.15, 0.2) is 24.3 Å². The molecule has 1 saturated heterocycles. The molecule has 1 amide bonds. The first-order chi connectivity index (χ1) is 13.9. The van der Waals surface area contributed by atoms with Crippen LogP contribution in [0, 0.1) is 5.92 Å². The number of rotatable bonds is 7. The monoisotopic (exact) mass is 400 g/mol. The number of nitrogens with zero attached hydrogens (tertiary/aromatic N) is 5. The van der Waals surface area contributed by atoms with Gasteiger partial charge in [-0.15, -0.1) is 0 Å². The zero-order chi connectivity index (χ0) is 21.0. The molecule has 0 radical (unpaired) electrons. The van der Waals surface area contributed by atoms with Gasteiger partial charge < -0.3 is 25.0 Å². The van der Waals surface area contributed by atoms with Crippen molar-refractivity contribution in [1.82, 2.24) is 15.0 Å². The van der Waals surface area contributed by atoms with Crippen molar-refractivity contribution in [3.63, 3.8) is 0 Å². The van der Waals surface area contributed by atoms with E-state index in [4.69, 9.17) is 15.2 Å². The van der Waals surface area contributed by atoms with E-state index in [-0.39, 0.29) is 37.3 Å². The number of hydrogen-bond donors (Lipinski definition) is 1. The van der Waals surface area contributed by atoms with Crippen LogP contribution in [0.2, 0.25) is 0 Å². The van der Waals surface area contributed by atoms with Crippen LogP contribution in [0.5, 0.6) is 5.75 Å². The normalized spacial score (nSPS) is 16.0. The molecule has 29 heavy (non-hydrogen) atoms. The smallest absolute Gasteiger partial charge is 0.311 e. The molecule has 1 fully saturated rings. The number of carbonyl (C=O) groups excluding carboxylic acids is 2. The number of esters is 1. The summed E-state index contributed by atoms with van der Waals surface area (Å²) < 4.78 is 10.7. The second-order valence-electron chi connectivity index (χ2n) is 6.74. The highest BCUT2D eigenvalue weighted by Gasteiger charge is 2.36. The standard InChI is InChI=1S/C19H24N6O4/c1-4-28-14-7-5-13(6-8-14)25-10-12(9-16(25)26)17(27)29-11-15-21-18(20)23-19(22-15)24(2)3/h5-8,12H,4,9-11H2,1-3H3,(H2,20,21,22,23). The molecule has 0 aliphatic carbocycles. The van der Waals surface area contributed by atoms with Gasteiger partial charge in [0.05, 0.1) is 12.5 Å². The van der Waals surface area contributed by atoms with Crippen LogP contribution in [0.3, 0.4) is 0 Å². The minimum Gasteiger partial charge on any atom is -0.494 e. The van der Waals surface area contributed by atoms with E-state index in [1.165, 1.54) is 0 Å². The maximum absolute atomic E-state index is 12.5. The largest absolute Gasteiger partial charge is 0.494 e. The second-order valence-corrected chi connectivity index (χ2v) is 6.74. The highest BCUT2D eigenvalue weighted by Crippen LogP contribution is 2.27. The summed E-state index contributed by atoms with van der Waals surface area (Å²) >= 11 is 0. The van der Waals surface area contributed by atoms with Gasteiger partial charge in [0, 0.05) is 32.7 Å². The molecular weight excluding hydrogens is 376 g/mol. The molecular formula is C19H24N6O4. The Morgan fingerprint density at radius 3 is 2.62 bits per heavy atom. The summed E-state index contributed by atoms with van der Waals surface area (Å²) in [7, 11) is 3.54. The van der Waals surface area contributed by atoms with E-state index in [1.54, 1.807) is 48.2 Å². The first kappa shape index (κ1) is 20.3. The second kappa shape index (κ2) is 8.72. The Kier molecular flexibility index (Phi) is 6.10. The quantitative estimate of drug-likeness (QED) is 0.678. The summed E-state index contributed by atoms with van der Waals surface area (Å²) in [6.07, 6.45) is 0.0916. The van der Waals surface area contributed by atoms with Gasteiger partial charge >= 0.3 is 5.97 Å². The lowest BCUT2D eigenvalue weighted by atomic mass is 10.1. The Balaban J connectivity index is 1.60. The first-order valence-corrected chi connectivity index (χ1v) is 9.25. The molecule has 2 N–H and O–H groups in total. The third kappa shape index (κ3) is 4.89. The van der Waals surface area contributed by atoms with Crippen LogP contribution in [0.25, 0.3) is 0 Å². The summed E-state index contributed by atoms with van der Waals surface area (Å²) in [5.41, 5.74) is 6.38. The fourth-order valence-electron chi connectivity index (χ4n) is 2.95. The number of ether oxygens (including phenoxy) is 2. The molecule has 3 rings (SSSR count). The van der Waals surface area contributed by atoms with Crippen LogP contribution < -0.4 is 20.3 Å². The number of nitrogen functional groups attached to an aromatic ring is 1. The third-order valence-corrected chi connectivity index (χ3v) is 4.35. The summed E-state index contributed by atoms with van der Waals surface area (Å²) in [6.45, 7) is 2.59. The molecule has 1 aliphatic rings. The molecule has 0 spiro atoms. The van der Waals surface area contributed by atoms with Crippen molar-refractivity contribution in [3.05, 3.63) is 30.1 Å². The first-order valence-electron chi connectivity index (χ1n) is 9.25. The van der Waals surface area contributed by atoms with E-state index >= 15 is 0 Å². The minimum atomic E-state index is -0.554. The average Bonchev–Trinajstić information content (AvgIpc) is 3.08. The zero-order valence-electron chi connectivity index (χ0n) is 16.7. The number of nitrogens with two attached hydrogens (primary N) is 1. The lowest BCUT2D eigenvalue weighted by Crippen LogP contribution is -2.26. The molecule has 0 saturated carbocycles. The number of benzene rings is 1. The molecule has 1 aliphatic heterocycles. The van der Waals surface area contributed by atoms with Crippen LogP contribution in [-0.2, 0) is 20.9 Å². The van der Waals surface area contributed by atoms with Crippen molar-refractivity contribution < 1.29 is 19.1 Å². The lowest BCUT2D eigenvalue weighted by molar-refractivity contribution is -0.149. The molecule has 154 valence electrons. The van der Waals surface area contributed by atoms with Crippen LogP contribution in [-0.4, -0.2) is 54.1 Å². The van der Waals surface area contributed by atoms with Crippen molar-refractivity contribution in [2.24, 2.45) is 5.92 Å². The molecule has 10 nitrogen and oxygen atoms in total. The number of carbonyl (C=O) groups is 2. The molecule has 2 heterocycles. The number of aromatic nitrogens is 3. The van der Waals surface area contributed by atoms with Crippen molar-refractivity contribution >= 4 is 29.5 Å². The fraction of sp³-hybridized carbons (Fsp3) is 0.421. The van der Waals surface area contributed by atoms with Gasteiger partial charge in [0.25, 0.3) is 0 Å². The van der Waals surface area contributed by atoms with Gasteiger partial charge in [-0.05, 0) is 31.2 Å². The van der Waals surface area contributed by atoms with Crippen molar-refractivity contribution in [3.8, 4) is 5.75 Å². The summed E-state index contributed by atoms with van der Waals surface area (Å²) in [5, 5.41) is 0. The summed E-state index contributed by atoms with van der Waals surface area (Å²) in [6, 6.07) is 7.19. The maximum atomic E-state index is 12.5. The number of amides is 1. The molecule has 1 unspecified atom stereocenters. The van der Waals surface area contributed by atoms with E-state index < -0.39 is 11.9 Å². The van der Waals surface area contributed by atoms with Crippen molar-refractivity contribution in [2.75, 3.05) is 42.8 Å². The SMILES string of the molecule is CCOc1ccc(N2CC(C(=O)OCc3nc(N)nc(N(C)C)n3)CC2=O)cc1. The average molecular weight is 400 g/mol. The van der Waals surface area contributed by atoms with Crippen LogP contribution in [0.1, 0.15) is 19.2 Å². The Bertz CT molecular complexity index is 887. The molecule has 10 heteroatoms. The Hall–Kier alpha value is -3.43. The number of anilines is 3. The highest BCUT2D eigenvalue weighted by molar-refractivity contribution is 5.99. The van der Waals surface area contributed by atoms with Crippen LogP contribution in [0.4, 0.5) is 17.6 Å². The van der Waals surface area contributed by atoms with E-state index in [0.29, 0.717) is 12.6 Å².